The number of hydrogen-bond acceptors (Lipinski definition) is 5. The van der Waals surface area contributed by atoms with Gasteiger partial charge in [-0.2, -0.15) is 8.42 Å². The molecule has 3 N–H and O–H groups in total. The van der Waals surface area contributed by atoms with Gasteiger partial charge < -0.3 is 15.2 Å². The van der Waals surface area contributed by atoms with E-state index in [4.69, 9.17) is 14.4 Å². The van der Waals surface area contributed by atoms with E-state index in [1.165, 1.54) is 6.07 Å². The Balaban J connectivity index is 2.85. The van der Waals surface area contributed by atoms with Crippen LogP contribution >= 0.6 is 0 Å². The van der Waals surface area contributed by atoms with Crippen molar-refractivity contribution in [1.29, 1.82) is 0 Å². The third-order valence-corrected chi connectivity index (χ3v) is 3.61. The fraction of sp³-hybridized carbons (Fsp3) is 0.429. The van der Waals surface area contributed by atoms with Gasteiger partial charge in [0.05, 0.1) is 17.9 Å². The van der Waals surface area contributed by atoms with Crippen LogP contribution < -0.4 is 10.1 Å². The van der Waals surface area contributed by atoms with Crippen molar-refractivity contribution in [1.82, 2.24) is 5.32 Å². The number of nitrogens with one attached hydrogen (secondary N) is 1. The first kappa shape index (κ1) is 18.9. The predicted octanol–water partition coefficient (Wildman–Crippen LogP) is 0.936. The molecule has 23 heavy (non-hydrogen) atoms. The maximum absolute atomic E-state index is 12.2. The Bertz CT molecular complexity index is 657. The lowest BCUT2D eigenvalue weighted by Crippen LogP contribution is -2.42. The highest BCUT2D eigenvalue weighted by Gasteiger charge is 2.24. The Hall–Kier alpha value is -2.13. The highest BCUT2D eigenvalue weighted by molar-refractivity contribution is 7.85. The van der Waals surface area contributed by atoms with Crippen molar-refractivity contribution >= 4 is 22.0 Å². The normalized spacial score (nSPS) is 12.4. The minimum absolute atomic E-state index is 0.152. The molecule has 1 rings (SSSR count). The lowest BCUT2D eigenvalue weighted by atomic mass is 10.1. The number of rotatable bonds is 9. The van der Waals surface area contributed by atoms with E-state index in [0.717, 1.165) is 6.42 Å². The second-order valence-electron chi connectivity index (χ2n) is 4.78. The second kappa shape index (κ2) is 8.49. The molecular formula is C14H19NO7S. The van der Waals surface area contributed by atoms with Crippen molar-refractivity contribution < 1.29 is 32.4 Å². The van der Waals surface area contributed by atoms with E-state index in [1.807, 2.05) is 6.92 Å². The molecule has 0 heterocycles. The van der Waals surface area contributed by atoms with Gasteiger partial charge in [0, 0.05) is 0 Å². The molecule has 0 aliphatic carbocycles. The number of amides is 1. The molecule has 1 amide bonds. The first-order valence-electron chi connectivity index (χ1n) is 6.95. The molecule has 0 spiro atoms. The van der Waals surface area contributed by atoms with Gasteiger partial charge in [0.15, 0.2) is 0 Å². The molecule has 0 radical (unpaired) electrons. The molecule has 0 saturated carbocycles. The van der Waals surface area contributed by atoms with E-state index in [-0.39, 0.29) is 5.56 Å². The van der Waals surface area contributed by atoms with Crippen LogP contribution in [0.2, 0.25) is 0 Å². The third kappa shape index (κ3) is 6.66. The fourth-order valence-corrected chi connectivity index (χ4v) is 2.29. The molecule has 0 saturated heterocycles. The summed E-state index contributed by atoms with van der Waals surface area (Å²) in [6, 6.07) is 4.89. The lowest BCUT2D eigenvalue weighted by Gasteiger charge is -2.15. The topological polar surface area (TPSA) is 130 Å². The van der Waals surface area contributed by atoms with Crippen LogP contribution in [0.3, 0.4) is 0 Å². The molecule has 128 valence electrons. The Kier molecular flexibility index (Phi) is 6.98. The van der Waals surface area contributed by atoms with Crippen LogP contribution in [0.5, 0.6) is 5.75 Å². The van der Waals surface area contributed by atoms with E-state index >= 15 is 0 Å². The summed E-state index contributed by atoms with van der Waals surface area (Å²) >= 11 is 0. The first-order chi connectivity index (χ1) is 10.7. The van der Waals surface area contributed by atoms with Gasteiger partial charge in [-0.3, -0.25) is 9.35 Å². The highest BCUT2D eigenvalue weighted by atomic mass is 32.2. The maximum atomic E-state index is 12.2. The van der Waals surface area contributed by atoms with Crippen LogP contribution in [0.25, 0.3) is 0 Å². The van der Waals surface area contributed by atoms with E-state index < -0.39 is 40.2 Å². The Morgan fingerprint density at radius 2 is 1.96 bits per heavy atom. The van der Waals surface area contributed by atoms with E-state index in [0.29, 0.717) is 12.4 Å². The average Bonchev–Trinajstić information content (AvgIpc) is 2.48. The summed E-state index contributed by atoms with van der Waals surface area (Å²) in [4.78, 5) is 23.3. The Labute approximate surface area is 134 Å². The van der Waals surface area contributed by atoms with Gasteiger partial charge in [-0.25, -0.2) is 4.79 Å². The number of ether oxygens (including phenoxy) is 1. The summed E-state index contributed by atoms with van der Waals surface area (Å²) < 4.78 is 35.5. The smallest absolute Gasteiger partial charge is 0.326 e. The zero-order valence-electron chi connectivity index (χ0n) is 12.6. The number of benzene rings is 1. The van der Waals surface area contributed by atoms with Crippen molar-refractivity contribution in [3.8, 4) is 5.75 Å². The quantitative estimate of drug-likeness (QED) is 0.568. The van der Waals surface area contributed by atoms with Crippen LogP contribution in [0.15, 0.2) is 24.3 Å². The number of carboxylic acids is 1. The van der Waals surface area contributed by atoms with Gasteiger partial charge in [0.2, 0.25) is 0 Å². The molecule has 1 atom stereocenters. The zero-order chi connectivity index (χ0) is 17.5. The fourth-order valence-electron chi connectivity index (χ4n) is 1.75. The van der Waals surface area contributed by atoms with Gasteiger partial charge >= 0.3 is 5.97 Å². The number of aliphatic carboxylic acids is 1. The van der Waals surface area contributed by atoms with Crippen LogP contribution in [-0.4, -0.2) is 48.4 Å². The van der Waals surface area contributed by atoms with Crippen molar-refractivity contribution in [2.24, 2.45) is 0 Å². The van der Waals surface area contributed by atoms with Gasteiger partial charge in [-0.05, 0) is 25.0 Å². The van der Waals surface area contributed by atoms with Crippen LogP contribution in [0.1, 0.15) is 30.1 Å². The summed E-state index contributed by atoms with van der Waals surface area (Å²) in [5.74, 6) is -2.54. The van der Waals surface area contributed by atoms with Crippen molar-refractivity contribution in [2.75, 3.05) is 12.4 Å². The Morgan fingerprint density at radius 3 is 2.52 bits per heavy atom. The molecule has 0 aliphatic rings. The van der Waals surface area contributed by atoms with Gasteiger partial charge in [0.25, 0.3) is 16.0 Å². The molecular weight excluding hydrogens is 326 g/mol. The molecule has 0 aromatic heterocycles. The summed E-state index contributed by atoms with van der Waals surface area (Å²) in [6.45, 7) is 2.30. The second-order valence-corrected chi connectivity index (χ2v) is 6.36. The van der Waals surface area contributed by atoms with E-state index in [9.17, 15) is 18.0 Å². The first-order valence-corrected chi connectivity index (χ1v) is 8.56. The van der Waals surface area contributed by atoms with Crippen molar-refractivity contribution in [3.05, 3.63) is 29.8 Å². The predicted molar refractivity (Wildman–Crippen MR) is 82.2 cm³/mol. The van der Waals surface area contributed by atoms with Crippen molar-refractivity contribution in [2.45, 2.75) is 25.8 Å². The van der Waals surface area contributed by atoms with E-state index in [2.05, 4.69) is 5.32 Å². The number of hydrogen-bond donors (Lipinski definition) is 3. The van der Waals surface area contributed by atoms with Crippen LogP contribution in [0, 0.1) is 0 Å². The van der Waals surface area contributed by atoms with Crippen molar-refractivity contribution in [3.63, 3.8) is 0 Å². The number of carboxylic acid groups (broad SMARTS) is 1. The zero-order valence-corrected chi connectivity index (χ0v) is 13.4. The molecule has 0 aliphatic heterocycles. The molecule has 0 bridgehead atoms. The maximum Gasteiger partial charge on any atom is 0.326 e. The largest absolute Gasteiger partial charge is 0.493 e. The van der Waals surface area contributed by atoms with E-state index in [1.54, 1.807) is 18.2 Å². The highest BCUT2D eigenvalue weighted by Crippen LogP contribution is 2.18. The summed E-state index contributed by atoms with van der Waals surface area (Å²) in [5, 5.41) is 11.3. The molecule has 0 unspecified atom stereocenters. The minimum Gasteiger partial charge on any atom is -0.493 e. The molecule has 0 fully saturated rings. The van der Waals surface area contributed by atoms with Gasteiger partial charge in [0.1, 0.15) is 11.8 Å². The minimum atomic E-state index is -4.31. The molecule has 1 aromatic rings. The third-order valence-electron chi connectivity index (χ3n) is 2.86. The molecule has 8 nitrogen and oxygen atoms in total. The average molecular weight is 345 g/mol. The molecule has 1 aromatic carbocycles. The van der Waals surface area contributed by atoms with Gasteiger partial charge in [-0.15, -0.1) is 0 Å². The number of carbonyl (C=O) groups excluding carboxylic acids is 1. The lowest BCUT2D eigenvalue weighted by molar-refractivity contribution is -0.139. The number of para-hydroxylation sites is 1. The standard InChI is InChI=1S/C14H19NO7S/c1-2-8-22-12-6-4-3-5-10(12)13(16)15-11(14(17)18)7-9-23(19,20)21/h3-6,11H,2,7-9H2,1H3,(H,15,16)(H,17,18)(H,19,20,21)/t11-/m0/s1. The summed E-state index contributed by atoms with van der Waals surface area (Å²) in [5.41, 5.74) is 0.152. The summed E-state index contributed by atoms with van der Waals surface area (Å²) in [7, 11) is -4.31. The summed E-state index contributed by atoms with van der Waals surface area (Å²) in [6.07, 6.45) is 0.292. The van der Waals surface area contributed by atoms with Gasteiger partial charge in [-0.1, -0.05) is 19.1 Å². The molecule has 9 heteroatoms. The monoisotopic (exact) mass is 345 g/mol. The Morgan fingerprint density at radius 1 is 1.30 bits per heavy atom. The van der Waals surface area contributed by atoms with Crippen LogP contribution in [0.4, 0.5) is 0 Å². The van der Waals surface area contributed by atoms with Crippen LogP contribution in [-0.2, 0) is 14.9 Å². The number of carbonyl (C=O) groups is 2. The SMILES string of the molecule is CCCOc1ccccc1C(=O)N[C@@H](CCS(=O)(=O)O)C(=O)O.